The molecule has 0 amide bonds. The van der Waals surface area contributed by atoms with Crippen LogP contribution in [-0.2, 0) is 12.8 Å². The molecule has 2 aromatic carbocycles. The van der Waals surface area contributed by atoms with E-state index in [-0.39, 0.29) is 47.2 Å². The van der Waals surface area contributed by atoms with Crippen molar-refractivity contribution in [2.24, 2.45) is 0 Å². The molecule has 0 bridgehead atoms. The Hall–Kier alpha value is -3.45. The van der Waals surface area contributed by atoms with Gasteiger partial charge < -0.3 is 29.9 Å². The Kier molecular flexibility index (Phi) is 7.29. The zero-order chi connectivity index (χ0) is 27.1. The molecule has 2 aliphatic heterocycles. The first kappa shape index (κ1) is 26.6. The average molecular weight is 509 g/mol. The van der Waals surface area contributed by atoms with Gasteiger partial charge in [0.05, 0.1) is 12.5 Å². The van der Waals surface area contributed by atoms with E-state index < -0.39 is 17.8 Å². The second-order valence-electron chi connectivity index (χ2n) is 10.8. The van der Waals surface area contributed by atoms with Gasteiger partial charge in [0.25, 0.3) is 0 Å². The highest BCUT2D eigenvalue weighted by Gasteiger charge is 2.41. The fourth-order valence-electron chi connectivity index (χ4n) is 4.87. The molecule has 4 rings (SSSR count). The fraction of sp³-hybridized carbons (Fsp3) is 0.433. The average Bonchev–Trinajstić information content (AvgIpc) is 2.80. The Morgan fingerprint density at radius 1 is 1.05 bits per heavy atom. The molecule has 0 aliphatic carbocycles. The molecule has 2 atom stereocenters. The quantitative estimate of drug-likeness (QED) is 0.287. The normalized spacial score (nSPS) is 20.4. The van der Waals surface area contributed by atoms with Gasteiger partial charge in [0, 0.05) is 29.2 Å². The summed E-state index contributed by atoms with van der Waals surface area (Å²) < 4.78 is 12.2. The van der Waals surface area contributed by atoms with Crippen LogP contribution >= 0.6 is 0 Å². The number of Topliss-reactive ketones (excluding diaryl/α,β-unsaturated/α-hetero) is 1. The van der Waals surface area contributed by atoms with Crippen LogP contribution < -0.4 is 9.47 Å². The van der Waals surface area contributed by atoms with Crippen molar-refractivity contribution in [3.63, 3.8) is 0 Å². The number of benzene rings is 2. The summed E-state index contributed by atoms with van der Waals surface area (Å²) >= 11 is 0. The van der Waals surface area contributed by atoms with E-state index in [0.717, 1.165) is 18.4 Å². The first-order valence-corrected chi connectivity index (χ1v) is 12.7. The second kappa shape index (κ2) is 10.1. The van der Waals surface area contributed by atoms with Gasteiger partial charge in [-0.25, -0.2) is 0 Å². The van der Waals surface area contributed by atoms with Crippen LogP contribution in [0.5, 0.6) is 28.7 Å². The lowest BCUT2D eigenvalue weighted by Crippen LogP contribution is -2.46. The summed E-state index contributed by atoms with van der Waals surface area (Å²) in [6.07, 6.45) is 4.90. The summed E-state index contributed by atoms with van der Waals surface area (Å²) in [5, 5.41) is 42.2. The maximum Gasteiger partial charge on any atom is 0.174 e. The van der Waals surface area contributed by atoms with Gasteiger partial charge in [-0.15, -0.1) is 0 Å². The van der Waals surface area contributed by atoms with Crippen molar-refractivity contribution in [3.05, 3.63) is 63.8 Å². The SMILES string of the molecule is CC(C)=CCC/C(C)=C\Cc1c([C@@H]2CC(=O)c3c(cc4c(c3O)C[C@@H](O)C(C)(C)O4)O2)ccc(O)c1O. The summed E-state index contributed by atoms with van der Waals surface area (Å²) in [4.78, 5) is 13.2. The Morgan fingerprint density at radius 2 is 1.78 bits per heavy atom. The fourth-order valence-corrected chi connectivity index (χ4v) is 4.87. The monoisotopic (exact) mass is 508 g/mol. The Bertz CT molecular complexity index is 1280. The van der Waals surface area contributed by atoms with Crippen LogP contribution in [0.3, 0.4) is 0 Å². The van der Waals surface area contributed by atoms with E-state index in [0.29, 0.717) is 28.9 Å². The molecule has 0 fully saturated rings. The van der Waals surface area contributed by atoms with E-state index in [2.05, 4.69) is 19.9 Å². The highest BCUT2D eigenvalue weighted by atomic mass is 16.5. The molecule has 0 radical (unpaired) electrons. The van der Waals surface area contributed by atoms with Crippen molar-refractivity contribution in [3.8, 4) is 28.7 Å². The second-order valence-corrected chi connectivity index (χ2v) is 10.8. The number of fused-ring (bicyclic) bond motifs is 2. The summed E-state index contributed by atoms with van der Waals surface area (Å²) in [5.41, 5.74) is 3.09. The number of rotatable bonds is 6. The van der Waals surface area contributed by atoms with Crippen LogP contribution in [0.2, 0.25) is 0 Å². The lowest BCUT2D eigenvalue weighted by atomic mass is 9.86. The van der Waals surface area contributed by atoms with E-state index in [1.165, 1.54) is 11.6 Å². The highest BCUT2D eigenvalue weighted by molar-refractivity contribution is 6.03. The van der Waals surface area contributed by atoms with Crippen LogP contribution in [0, 0.1) is 0 Å². The number of aliphatic hydroxyl groups is 1. The summed E-state index contributed by atoms with van der Waals surface area (Å²) in [5.74, 6) is -0.453. The molecule has 37 heavy (non-hydrogen) atoms. The van der Waals surface area contributed by atoms with Gasteiger partial charge >= 0.3 is 0 Å². The number of hydrogen-bond acceptors (Lipinski definition) is 7. The van der Waals surface area contributed by atoms with E-state index >= 15 is 0 Å². The van der Waals surface area contributed by atoms with Crippen molar-refractivity contribution >= 4 is 5.78 Å². The lowest BCUT2D eigenvalue weighted by Gasteiger charge is -2.38. The molecule has 2 heterocycles. The van der Waals surface area contributed by atoms with Crippen LogP contribution in [0.4, 0.5) is 0 Å². The molecule has 4 N–H and O–H groups in total. The molecule has 7 nitrogen and oxygen atoms in total. The number of hydrogen-bond donors (Lipinski definition) is 4. The van der Waals surface area contributed by atoms with Crippen molar-refractivity contribution in [1.82, 2.24) is 0 Å². The summed E-state index contributed by atoms with van der Waals surface area (Å²) in [7, 11) is 0. The predicted octanol–water partition coefficient (Wildman–Crippen LogP) is 5.82. The summed E-state index contributed by atoms with van der Waals surface area (Å²) in [6, 6.07) is 4.64. The first-order chi connectivity index (χ1) is 17.4. The van der Waals surface area contributed by atoms with Crippen LogP contribution in [0.15, 0.2) is 41.5 Å². The third-order valence-corrected chi connectivity index (χ3v) is 7.21. The molecular formula is C30H36O7. The van der Waals surface area contributed by atoms with Crippen LogP contribution in [0.1, 0.15) is 87.0 Å². The molecule has 2 aliphatic rings. The molecule has 0 aromatic heterocycles. The Labute approximate surface area is 217 Å². The minimum Gasteiger partial charge on any atom is -0.507 e. The van der Waals surface area contributed by atoms with Crippen molar-refractivity contribution in [2.45, 2.75) is 84.5 Å². The van der Waals surface area contributed by atoms with Crippen molar-refractivity contribution in [1.29, 1.82) is 0 Å². The number of ketones is 1. The number of phenols is 3. The first-order valence-electron chi connectivity index (χ1n) is 12.7. The van der Waals surface area contributed by atoms with Gasteiger partial charge in [-0.2, -0.15) is 0 Å². The topological polar surface area (TPSA) is 116 Å². The number of aliphatic hydroxyl groups excluding tert-OH is 1. The molecule has 0 unspecified atom stereocenters. The number of aromatic hydroxyl groups is 3. The van der Waals surface area contributed by atoms with Crippen LogP contribution in [0.25, 0.3) is 0 Å². The minimum absolute atomic E-state index is 0.0469. The van der Waals surface area contributed by atoms with Crippen LogP contribution in [-0.4, -0.2) is 37.9 Å². The van der Waals surface area contributed by atoms with Gasteiger partial charge in [-0.05, 0) is 59.9 Å². The number of carbonyl (C=O) groups excluding carboxylic acids is 1. The lowest BCUT2D eigenvalue weighted by molar-refractivity contribution is -0.0420. The minimum atomic E-state index is -0.864. The molecule has 0 saturated carbocycles. The Balaban J connectivity index is 1.67. The highest BCUT2D eigenvalue weighted by Crippen LogP contribution is 2.49. The number of phenolic OH excluding ortho intramolecular Hbond substituents is 3. The zero-order valence-electron chi connectivity index (χ0n) is 22.1. The van der Waals surface area contributed by atoms with Crippen molar-refractivity contribution < 1.29 is 34.7 Å². The van der Waals surface area contributed by atoms with Crippen molar-refractivity contribution in [2.75, 3.05) is 0 Å². The van der Waals surface area contributed by atoms with Gasteiger partial charge in [-0.1, -0.05) is 29.4 Å². The largest absolute Gasteiger partial charge is 0.507 e. The molecule has 0 spiro atoms. The van der Waals surface area contributed by atoms with Gasteiger partial charge in [0.1, 0.15) is 34.5 Å². The smallest absolute Gasteiger partial charge is 0.174 e. The molecule has 0 saturated heterocycles. The zero-order valence-corrected chi connectivity index (χ0v) is 22.1. The molecule has 198 valence electrons. The number of carbonyl (C=O) groups is 1. The molecular weight excluding hydrogens is 472 g/mol. The molecule has 7 heteroatoms. The van der Waals surface area contributed by atoms with E-state index in [9.17, 15) is 25.2 Å². The third kappa shape index (κ3) is 5.32. The van der Waals surface area contributed by atoms with E-state index in [4.69, 9.17) is 9.47 Å². The molecule has 2 aromatic rings. The number of ether oxygens (including phenoxy) is 2. The standard InChI is InChI=1S/C30H36O7/c1-16(2)7-6-8-17(3)9-10-19-18(11-12-21(31)28(19)34)23-14-22(32)27-25(36-23)15-24-20(29(27)35)13-26(33)30(4,5)37-24/h7,9,11-12,15,23,26,31,33-35H,6,8,10,13-14H2,1-5H3/b17-9-/t23-,26+/m0/s1. The summed E-state index contributed by atoms with van der Waals surface area (Å²) in [6.45, 7) is 9.66. The van der Waals surface area contributed by atoms with Gasteiger partial charge in [-0.3, -0.25) is 4.79 Å². The van der Waals surface area contributed by atoms with Gasteiger partial charge in [0.2, 0.25) is 0 Å². The Morgan fingerprint density at radius 3 is 2.49 bits per heavy atom. The predicted molar refractivity (Wildman–Crippen MR) is 141 cm³/mol. The maximum absolute atomic E-state index is 13.2. The third-order valence-electron chi connectivity index (χ3n) is 7.21. The number of allylic oxidation sites excluding steroid dienone is 4. The van der Waals surface area contributed by atoms with E-state index in [1.54, 1.807) is 26.0 Å². The maximum atomic E-state index is 13.2. The van der Waals surface area contributed by atoms with Gasteiger partial charge in [0.15, 0.2) is 17.3 Å². The van der Waals surface area contributed by atoms with E-state index in [1.807, 2.05) is 13.0 Å².